The molecule has 0 amide bonds. The summed E-state index contributed by atoms with van der Waals surface area (Å²) < 4.78 is 0. The van der Waals surface area contributed by atoms with Crippen molar-refractivity contribution in [2.75, 3.05) is 31.1 Å². The summed E-state index contributed by atoms with van der Waals surface area (Å²) in [6, 6.07) is 5.89. The molecule has 0 aliphatic carbocycles. The fourth-order valence-corrected chi connectivity index (χ4v) is 2.52. The molecule has 3 nitrogen and oxygen atoms in total. The minimum atomic E-state index is -0.692. The molecule has 1 aliphatic heterocycles. The molecule has 1 saturated heterocycles. The molecule has 0 spiro atoms. The Morgan fingerprint density at radius 2 is 2.24 bits per heavy atom. The van der Waals surface area contributed by atoms with Crippen molar-refractivity contribution in [3.63, 3.8) is 0 Å². The summed E-state index contributed by atoms with van der Waals surface area (Å²) in [7, 11) is 0. The van der Waals surface area contributed by atoms with Gasteiger partial charge in [-0.05, 0) is 37.6 Å². The second kappa shape index (κ2) is 4.84. The molecule has 1 heterocycles. The molecule has 0 saturated carbocycles. The lowest BCUT2D eigenvalue weighted by molar-refractivity contribution is 0.0729. The summed E-state index contributed by atoms with van der Waals surface area (Å²) in [6.07, 6.45) is 0. The minimum absolute atomic E-state index is 0.635. The van der Waals surface area contributed by atoms with Crippen LogP contribution in [0, 0.1) is 6.92 Å². The molecule has 0 bridgehead atoms. The van der Waals surface area contributed by atoms with Gasteiger partial charge in [-0.25, -0.2) is 0 Å². The molecule has 0 radical (unpaired) electrons. The Hall–Kier alpha value is -0.770. The van der Waals surface area contributed by atoms with Crippen LogP contribution < -0.4 is 10.2 Å². The van der Waals surface area contributed by atoms with E-state index in [0.717, 1.165) is 29.4 Å². The van der Waals surface area contributed by atoms with E-state index in [2.05, 4.69) is 10.2 Å². The molecule has 1 atom stereocenters. The quantitative estimate of drug-likeness (QED) is 0.803. The van der Waals surface area contributed by atoms with Gasteiger partial charge in [0.05, 0.1) is 5.60 Å². The minimum Gasteiger partial charge on any atom is -0.387 e. The van der Waals surface area contributed by atoms with Crippen molar-refractivity contribution in [2.45, 2.75) is 19.4 Å². The maximum atomic E-state index is 10.2. The van der Waals surface area contributed by atoms with Gasteiger partial charge in [0, 0.05) is 36.9 Å². The van der Waals surface area contributed by atoms with Crippen LogP contribution >= 0.6 is 11.6 Å². The van der Waals surface area contributed by atoms with E-state index >= 15 is 0 Å². The van der Waals surface area contributed by atoms with Gasteiger partial charge in [0.15, 0.2) is 0 Å². The van der Waals surface area contributed by atoms with Crippen molar-refractivity contribution in [2.24, 2.45) is 0 Å². The Morgan fingerprint density at radius 1 is 1.47 bits per heavy atom. The zero-order chi connectivity index (χ0) is 12.5. The van der Waals surface area contributed by atoms with E-state index in [-0.39, 0.29) is 0 Å². The number of benzene rings is 1. The Labute approximate surface area is 107 Å². The fraction of sp³-hybridized carbons (Fsp3) is 0.538. The molecular formula is C13H19ClN2O. The van der Waals surface area contributed by atoms with Crippen LogP contribution in [0.1, 0.15) is 12.5 Å². The number of halogens is 1. The van der Waals surface area contributed by atoms with Crippen LogP contribution in [0.4, 0.5) is 5.69 Å². The molecule has 1 fully saturated rings. The molecule has 17 heavy (non-hydrogen) atoms. The molecule has 2 rings (SSSR count). The second-order valence-electron chi connectivity index (χ2n) is 5.03. The normalized spacial score (nSPS) is 25.8. The Balaban J connectivity index is 2.25. The van der Waals surface area contributed by atoms with E-state index in [1.54, 1.807) is 0 Å². The van der Waals surface area contributed by atoms with Crippen LogP contribution in [0.5, 0.6) is 0 Å². The lowest BCUT2D eigenvalue weighted by Crippen LogP contribution is -2.43. The zero-order valence-corrected chi connectivity index (χ0v) is 11.1. The summed E-state index contributed by atoms with van der Waals surface area (Å²) in [6.45, 7) is 6.98. The van der Waals surface area contributed by atoms with Gasteiger partial charge in [-0.15, -0.1) is 0 Å². The van der Waals surface area contributed by atoms with Gasteiger partial charge in [-0.2, -0.15) is 0 Å². The van der Waals surface area contributed by atoms with Crippen LogP contribution in [-0.2, 0) is 0 Å². The first kappa shape index (κ1) is 12.7. The average molecular weight is 255 g/mol. The number of aliphatic hydroxyl groups is 1. The molecule has 1 aromatic carbocycles. The van der Waals surface area contributed by atoms with Gasteiger partial charge in [0.25, 0.3) is 0 Å². The number of nitrogens with one attached hydrogen (secondary N) is 1. The lowest BCUT2D eigenvalue weighted by Gasteiger charge is -2.30. The monoisotopic (exact) mass is 254 g/mol. The molecule has 1 aromatic rings. The molecule has 1 aliphatic rings. The average Bonchev–Trinajstić information content (AvgIpc) is 2.39. The van der Waals surface area contributed by atoms with Crippen molar-refractivity contribution in [3.8, 4) is 0 Å². The van der Waals surface area contributed by atoms with Crippen molar-refractivity contribution in [1.29, 1.82) is 0 Å². The largest absolute Gasteiger partial charge is 0.387 e. The van der Waals surface area contributed by atoms with Gasteiger partial charge in [-0.1, -0.05) is 11.6 Å². The highest BCUT2D eigenvalue weighted by Crippen LogP contribution is 2.25. The fourth-order valence-electron chi connectivity index (χ4n) is 2.30. The summed E-state index contributed by atoms with van der Waals surface area (Å²) in [5.74, 6) is 0. The van der Waals surface area contributed by atoms with Crippen molar-refractivity contribution < 1.29 is 5.11 Å². The smallest absolute Gasteiger partial charge is 0.0917 e. The Kier molecular flexibility index (Phi) is 3.61. The summed E-state index contributed by atoms with van der Waals surface area (Å²) in [4.78, 5) is 2.21. The second-order valence-corrected chi connectivity index (χ2v) is 5.46. The highest BCUT2D eigenvalue weighted by Gasteiger charge is 2.27. The summed E-state index contributed by atoms with van der Waals surface area (Å²) in [5, 5.41) is 14.2. The highest BCUT2D eigenvalue weighted by atomic mass is 35.5. The van der Waals surface area contributed by atoms with E-state index in [1.165, 1.54) is 0 Å². The first-order valence-corrected chi connectivity index (χ1v) is 6.30. The van der Waals surface area contributed by atoms with Crippen molar-refractivity contribution >= 4 is 17.3 Å². The van der Waals surface area contributed by atoms with E-state index in [1.807, 2.05) is 32.0 Å². The lowest BCUT2D eigenvalue weighted by atomic mass is 10.1. The molecule has 2 N–H and O–H groups in total. The van der Waals surface area contributed by atoms with E-state index in [0.29, 0.717) is 13.1 Å². The van der Waals surface area contributed by atoms with Gasteiger partial charge in [-0.3, -0.25) is 0 Å². The molecule has 4 heteroatoms. The Morgan fingerprint density at radius 3 is 2.94 bits per heavy atom. The first-order valence-electron chi connectivity index (χ1n) is 5.92. The standard InChI is InChI=1S/C13H19ClN2O/c1-10-7-11(14)3-4-12(10)16-6-5-15-8-13(2,17)9-16/h3-4,7,15,17H,5-6,8-9H2,1-2H3. The SMILES string of the molecule is Cc1cc(Cl)ccc1N1CCNCC(C)(O)C1. The summed E-state index contributed by atoms with van der Waals surface area (Å²) >= 11 is 5.96. The van der Waals surface area contributed by atoms with E-state index < -0.39 is 5.60 Å². The number of rotatable bonds is 1. The maximum absolute atomic E-state index is 10.2. The van der Waals surface area contributed by atoms with Gasteiger partial charge in [0.1, 0.15) is 0 Å². The molecule has 94 valence electrons. The van der Waals surface area contributed by atoms with Crippen LogP contribution in [0.15, 0.2) is 18.2 Å². The number of aryl methyl sites for hydroxylation is 1. The third kappa shape index (κ3) is 3.12. The highest BCUT2D eigenvalue weighted by molar-refractivity contribution is 6.30. The van der Waals surface area contributed by atoms with Crippen LogP contribution in [-0.4, -0.2) is 36.9 Å². The number of nitrogens with zero attached hydrogens (tertiary/aromatic N) is 1. The molecule has 0 aromatic heterocycles. The van der Waals surface area contributed by atoms with Gasteiger partial charge < -0.3 is 15.3 Å². The van der Waals surface area contributed by atoms with Crippen molar-refractivity contribution in [1.82, 2.24) is 5.32 Å². The van der Waals surface area contributed by atoms with Gasteiger partial charge in [0.2, 0.25) is 0 Å². The third-order valence-corrected chi connectivity index (χ3v) is 3.33. The van der Waals surface area contributed by atoms with Gasteiger partial charge >= 0.3 is 0 Å². The summed E-state index contributed by atoms with van der Waals surface area (Å²) in [5.41, 5.74) is 1.61. The number of hydrogen-bond donors (Lipinski definition) is 2. The molecule has 1 unspecified atom stereocenters. The predicted molar refractivity (Wildman–Crippen MR) is 71.9 cm³/mol. The van der Waals surface area contributed by atoms with Crippen molar-refractivity contribution in [3.05, 3.63) is 28.8 Å². The van der Waals surface area contributed by atoms with Crippen LogP contribution in [0.2, 0.25) is 5.02 Å². The topological polar surface area (TPSA) is 35.5 Å². The predicted octanol–water partition coefficient (Wildman–Crippen LogP) is 1.81. The van der Waals surface area contributed by atoms with Crippen LogP contribution in [0.3, 0.4) is 0 Å². The Bertz CT molecular complexity index is 406. The van der Waals surface area contributed by atoms with E-state index in [9.17, 15) is 5.11 Å². The first-order chi connectivity index (χ1) is 7.98. The number of anilines is 1. The third-order valence-electron chi connectivity index (χ3n) is 3.10. The number of hydrogen-bond acceptors (Lipinski definition) is 3. The van der Waals surface area contributed by atoms with E-state index in [4.69, 9.17) is 11.6 Å². The zero-order valence-electron chi connectivity index (χ0n) is 10.3. The number of β-amino-alcohol motifs (C(OH)–C–C–N with tert-alkyl or cyclic N) is 1. The maximum Gasteiger partial charge on any atom is 0.0917 e. The molecular weight excluding hydrogens is 236 g/mol. The van der Waals surface area contributed by atoms with Crippen LogP contribution in [0.25, 0.3) is 0 Å².